The Labute approximate surface area is 168 Å². The van der Waals surface area contributed by atoms with Crippen LogP contribution in [-0.2, 0) is 4.74 Å². The summed E-state index contributed by atoms with van der Waals surface area (Å²) < 4.78 is 5.73. The lowest BCUT2D eigenvalue weighted by atomic mass is 10.1. The monoisotopic (exact) mass is 394 g/mol. The molecule has 1 aromatic carbocycles. The number of rotatable bonds is 4. The number of amides is 1. The van der Waals surface area contributed by atoms with Gasteiger partial charge in [0.2, 0.25) is 0 Å². The maximum absolute atomic E-state index is 12.4. The van der Waals surface area contributed by atoms with Crippen LogP contribution >= 0.6 is 11.6 Å². The number of carbonyl (C=O) groups excluding carboxylic acids is 1. The van der Waals surface area contributed by atoms with Gasteiger partial charge in [0.15, 0.2) is 0 Å². The van der Waals surface area contributed by atoms with Crippen molar-refractivity contribution >= 4 is 23.2 Å². The smallest absolute Gasteiger partial charge is 0.254 e. The third kappa shape index (κ3) is 4.13. The molecule has 1 aliphatic rings. The Bertz CT molecular complexity index is 953. The molecule has 6 nitrogen and oxygen atoms in total. The number of morpholine rings is 1. The van der Waals surface area contributed by atoms with Crippen LogP contribution in [0.4, 0.5) is 5.69 Å². The molecule has 7 heteroatoms. The first kappa shape index (κ1) is 18.4. The minimum absolute atomic E-state index is 0.203. The summed E-state index contributed by atoms with van der Waals surface area (Å²) >= 11 is 6.39. The van der Waals surface area contributed by atoms with E-state index in [1.54, 1.807) is 24.5 Å². The van der Waals surface area contributed by atoms with Gasteiger partial charge < -0.3 is 15.0 Å². The molecule has 0 aliphatic carbocycles. The van der Waals surface area contributed by atoms with Gasteiger partial charge in [0.05, 0.1) is 29.4 Å². The van der Waals surface area contributed by atoms with E-state index in [-0.39, 0.29) is 5.91 Å². The van der Waals surface area contributed by atoms with Crippen LogP contribution in [0.15, 0.2) is 67.1 Å². The highest BCUT2D eigenvalue weighted by atomic mass is 35.5. The van der Waals surface area contributed by atoms with E-state index in [9.17, 15) is 4.79 Å². The second-order valence-electron chi connectivity index (χ2n) is 6.40. The van der Waals surface area contributed by atoms with Crippen molar-refractivity contribution in [3.8, 4) is 11.3 Å². The van der Waals surface area contributed by atoms with E-state index in [0.717, 1.165) is 23.5 Å². The van der Waals surface area contributed by atoms with E-state index in [1.165, 1.54) is 6.20 Å². The summed E-state index contributed by atoms with van der Waals surface area (Å²) in [6.07, 6.45) is 4.51. The minimum Gasteiger partial charge on any atom is -0.365 e. The molecule has 3 heterocycles. The molecule has 1 amide bonds. The fourth-order valence-corrected chi connectivity index (χ4v) is 3.34. The van der Waals surface area contributed by atoms with Crippen molar-refractivity contribution in [1.29, 1.82) is 0 Å². The Morgan fingerprint density at radius 1 is 1.18 bits per heavy atom. The van der Waals surface area contributed by atoms with E-state index in [4.69, 9.17) is 16.3 Å². The number of benzene rings is 1. The van der Waals surface area contributed by atoms with E-state index in [0.29, 0.717) is 23.7 Å². The Morgan fingerprint density at radius 2 is 2.11 bits per heavy atom. The fourth-order valence-electron chi connectivity index (χ4n) is 3.13. The van der Waals surface area contributed by atoms with Crippen molar-refractivity contribution in [2.75, 3.05) is 24.6 Å². The number of anilines is 1. The van der Waals surface area contributed by atoms with Crippen LogP contribution in [0.2, 0.25) is 5.02 Å². The molecule has 1 N–H and O–H groups in total. The van der Waals surface area contributed by atoms with Gasteiger partial charge in [-0.1, -0.05) is 17.7 Å². The van der Waals surface area contributed by atoms with Gasteiger partial charge >= 0.3 is 0 Å². The summed E-state index contributed by atoms with van der Waals surface area (Å²) in [7, 11) is 0. The van der Waals surface area contributed by atoms with Crippen LogP contribution in [0.1, 0.15) is 10.4 Å². The second kappa shape index (κ2) is 8.37. The normalized spacial score (nSPS) is 16.6. The Kier molecular flexibility index (Phi) is 5.50. The van der Waals surface area contributed by atoms with Gasteiger partial charge in [0, 0.05) is 36.4 Å². The first-order chi connectivity index (χ1) is 13.7. The van der Waals surface area contributed by atoms with Crippen LogP contribution < -0.4 is 10.2 Å². The molecule has 4 rings (SSSR count). The molecule has 2 aromatic heterocycles. The van der Waals surface area contributed by atoms with Gasteiger partial charge in [-0.3, -0.25) is 14.8 Å². The molecule has 3 aromatic rings. The molecule has 1 aliphatic heterocycles. The van der Waals surface area contributed by atoms with E-state index < -0.39 is 6.23 Å². The van der Waals surface area contributed by atoms with Crippen molar-refractivity contribution in [2.24, 2.45) is 0 Å². The second-order valence-corrected chi connectivity index (χ2v) is 6.81. The number of aromatic nitrogens is 2. The molecule has 142 valence electrons. The number of halogens is 1. The van der Waals surface area contributed by atoms with Gasteiger partial charge in [0.25, 0.3) is 5.91 Å². The lowest BCUT2D eigenvalue weighted by Gasteiger charge is -2.35. The molecular formula is C21H19ClN4O2. The third-order valence-electron chi connectivity index (χ3n) is 4.54. The highest BCUT2D eigenvalue weighted by Crippen LogP contribution is 2.31. The molecule has 0 spiro atoms. The summed E-state index contributed by atoms with van der Waals surface area (Å²) in [5.41, 5.74) is 3.22. The average molecular weight is 395 g/mol. The fraction of sp³-hybridized carbons (Fsp3) is 0.190. The first-order valence-electron chi connectivity index (χ1n) is 8.99. The van der Waals surface area contributed by atoms with E-state index in [2.05, 4.69) is 20.2 Å². The standard InChI is InChI=1S/C21H19ClN4O2/c22-18-7-6-16(12-17(18)19-5-1-2-9-24-19)26-10-11-28-20(14-26)25-21(27)15-4-3-8-23-13-15/h1-9,12-13,20H,10-11,14H2,(H,25,27). The third-order valence-corrected chi connectivity index (χ3v) is 4.87. The Morgan fingerprint density at radius 3 is 2.89 bits per heavy atom. The predicted molar refractivity (Wildman–Crippen MR) is 108 cm³/mol. The Hall–Kier alpha value is -2.96. The number of nitrogens with one attached hydrogen (secondary N) is 1. The molecule has 0 radical (unpaired) electrons. The lowest BCUT2D eigenvalue weighted by Crippen LogP contribution is -2.51. The van der Waals surface area contributed by atoms with E-state index in [1.807, 2.05) is 36.4 Å². The summed E-state index contributed by atoms with van der Waals surface area (Å²) in [6, 6.07) is 15.1. The van der Waals surface area contributed by atoms with Gasteiger partial charge in [0.1, 0.15) is 6.23 Å². The van der Waals surface area contributed by atoms with E-state index >= 15 is 0 Å². The van der Waals surface area contributed by atoms with Crippen LogP contribution in [0.3, 0.4) is 0 Å². The number of nitrogens with zero attached hydrogens (tertiary/aromatic N) is 3. The van der Waals surface area contributed by atoms with Crippen molar-refractivity contribution < 1.29 is 9.53 Å². The molecular weight excluding hydrogens is 376 g/mol. The maximum atomic E-state index is 12.4. The first-order valence-corrected chi connectivity index (χ1v) is 9.37. The van der Waals surface area contributed by atoms with Crippen LogP contribution in [-0.4, -0.2) is 41.8 Å². The molecule has 0 saturated carbocycles. The maximum Gasteiger partial charge on any atom is 0.254 e. The minimum atomic E-state index is -0.407. The molecule has 1 fully saturated rings. The summed E-state index contributed by atoms with van der Waals surface area (Å²) in [5, 5.41) is 3.56. The summed E-state index contributed by atoms with van der Waals surface area (Å²) in [6.45, 7) is 1.78. The highest BCUT2D eigenvalue weighted by Gasteiger charge is 2.23. The lowest BCUT2D eigenvalue weighted by molar-refractivity contribution is 0.0182. The van der Waals surface area contributed by atoms with Gasteiger partial charge in [-0.15, -0.1) is 0 Å². The predicted octanol–water partition coefficient (Wildman–Crippen LogP) is 3.39. The summed E-state index contributed by atoms with van der Waals surface area (Å²) in [4.78, 5) is 22.9. The van der Waals surface area contributed by atoms with Crippen LogP contribution in [0.5, 0.6) is 0 Å². The number of ether oxygens (including phenoxy) is 1. The number of hydrogen-bond acceptors (Lipinski definition) is 5. The van der Waals surface area contributed by atoms with Crippen molar-refractivity contribution in [3.63, 3.8) is 0 Å². The largest absolute Gasteiger partial charge is 0.365 e. The highest BCUT2D eigenvalue weighted by molar-refractivity contribution is 6.33. The Balaban J connectivity index is 1.50. The average Bonchev–Trinajstić information content (AvgIpc) is 2.75. The zero-order valence-electron chi connectivity index (χ0n) is 15.1. The quantitative estimate of drug-likeness (QED) is 0.734. The van der Waals surface area contributed by atoms with Crippen molar-refractivity contribution in [3.05, 3.63) is 77.7 Å². The summed E-state index contributed by atoms with van der Waals surface area (Å²) in [5.74, 6) is -0.203. The van der Waals surface area contributed by atoms with Crippen LogP contribution in [0, 0.1) is 0 Å². The van der Waals surface area contributed by atoms with Gasteiger partial charge in [-0.05, 0) is 42.5 Å². The SMILES string of the molecule is O=C(NC1CN(c2ccc(Cl)c(-c3ccccn3)c2)CCO1)c1cccnc1. The zero-order valence-corrected chi connectivity index (χ0v) is 15.8. The van der Waals surface area contributed by atoms with Crippen molar-refractivity contribution in [1.82, 2.24) is 15.3 Å². The number of pyridine rings is 2. The molecule has 1 atom stereocenters. The molecule has 1 saturated heterocycles. The molecule has 28 heavy (non-hydrogen) atoms. The zero-order chi connectivity index (χ0) is 19.3. The van der Waals surface area contributed by atoms with Gasteiger partial charge in [-0.2, -0.15) is 0 Å². The number of hydrogen-bond donors (Lipinski definition) is 1. The molecule has 1 unspecified atom stereocenters. The van der Waals surface area contributed by atoms with Crippen LogP contribution in [0.25, 0.3) is 11.3 Å². The van der Waals surface area contributed by atoms with Crippen molar-refractivity contribution in [2.45, 2.75) is 6.23 Å². The molecule has 0 bridgehead atoms. The van der Waals surface area contributed by atoms with Gasteiger partial charge in [-0.25, -0.2) is 0 Å². The number of carbonyl (C=O) groups is 1. The topological polar surface area (TPSA) is 67.4 Å².